The molecule has 0 aliphatic rings. The summed E-state index contributed by atoms with van der Waals surface area (Å²) in [5, 5.41) is 0. The lowest BCUT2D eigenvalue weighted by Crippen LogP contribution is -2.14. The fourth-order valence-corrected chi connectivity index (χ4v) is 1.37. The smallest absolute Gasteiger partial charge is 0.420 e. The van der Waals surface area contributed by atoms with Crippen LogP contribution < -0.4 is 4.74 Å². The molecule has 0 aliphatic heterocycles. The summed E-state index contributed by atoms with van der Waals surface area (Å²) < 4.78 is 9.72. The molecule has 1 unspecified atom stereocenters. The molecule has 3 nitrogen and oxygen atoms in total. The molecule has 0 radical (unpaired) electrons. The molecule has 1 aromatic carbocycles. The summed E-state index contributed by atoms with van der Waals surface area (Å²) in [6.45, 7) is 5.65. The second-order valence-electron chi connectivity index (χ2n) is 3.28. The number of carbonyl (C=O) groups excluding carboxylic acids is 1. The lowest BCUT2D eigenvalue weighted by molar-refractivity contribution is 0.0986. The number of hydrogen-bond acceptors (Lipinski definition) is 3. The van der Waals surface area contributed by atoms with Gasteiger partial charge >= 0.3 is 6.16 Å². The first-order valence-corrected chi connectivity index (χ1v) is 5.83. The van der Waals surface area contributed by atoms with Crippen LogP contribution in [0.15, 0.2) is 18.2 Å². The molecule has 1 aromatic rings. The number of ether oxygens (including phenoxy) is 2. The lowest BCUT2D eigenvalue weighted by Gasteiger charge is -2.09. The minimum absolute atomic E-state index is 0.194. The van der Waals surface area contributed by atoms with E-state index in [0.29, 0.717) is 5.75 Å². The zero-order chi connectivity index (χ0) is 11.4. The molecule has 0 saturated heterocycles. The monoisotopic (exact) mass is 320 g/mol. The van der Waals surface area contributed by atoms with Gasteiger partial charge in [0.1, 0.15) is 5.75 Å². The number of hydrogen-bond donors (Lipinski definition) is 0. The molecule has 15 heavy (non-hydrogen) atoms. The molecule has 0 amide bonds. The molecule has 0 saturated carbocycles. The Labute approximate surface area is 103 Å². The van der Waals surface area contributed by atoms with E-state index in [-0.39, 0.29) is 4.11 Å². The molecule has 0 aliphatic carbocycles. The van der Waals surface area contributed by atoms with Crippen LogP contribution in [0.2, 0.25) is 0 Å². The molecular formula is C11H13IO3. The van der Waals surface area contributed by atoms with E-state index in [1.165, 1.54) is 0 Å². The third-order valence-electron chi connectivity index (χ3n) is 1.78. The third kappa shape index (κ3) is 4.07. The van der Waals surface area contributed by atoms with Crippen LogP contribution in [-0.2, 0) is 4.74 Å². The van der Waals surface area contributed by atoms with Crippen LogP contribution in [0.25, 0.3) is 0 Å². The second kappa shape index (κ2) is 5.34. The molecule has 0 N–H and O–H groups in total. The Balaban J connectivity index is 2.68. The molecular weight excluding hydrogens is 307 g/mol. The van der Waals surface area contributed by atoms with Gasteiger partial charge in [0.05, 0.1) is 0 Å². The Morgan fingerprint density at radius 3 is 2.60 bits per heavy atom. The largest absolute Gasteiger partial charge is 0.514 e. The highest BCUT2D eigenvalue weighted by Crippen LogP contribution is 2.19. The van der Waals surface area contributed by atoms with Gasteiger partial charge in [-0.2, -0.15) is 0 Å². The van der Waals surface area contributed by atoms with Crippen molar-refractivity contribution in [2.24, 2.45) is 0 Å². The summed E-state index contributed by atoms with van der Waals surface area (Å²) in [6.07, 6.45) is -0.663. The van der Waals surface area contributed by atoms with Crippen molar-refractivity contribution in [3.05, 3.63) is 29.3 Å². The minimum atomic E-state index is -0.663. The van der Waals surface area contributed by atoms with Gasteiger partial charge in [-0.3, -0.25) is 0 Å². The van der Waals surface area contributed by atoms with Crippen molar-refractivity contribution in [3.8, 4) is 5.75 Å². The van der Waals surface area contributed by atoms with E-state index in [9.17, 15) is 4.79 Å². The van der Waals surface area contributed by atoms with Gasteiger partial charge in [0.2, 0.25) is 0 Å². The Bertz CT molecular complexity index is 361. The maximum absolute atomic E-state index is 11.2. The van der Waals surface area contributed by atoms with Crippen LogP contribution in [0.4, 0.5) is 4.79 Å². The molecule has 1 rings (SSSR count). The van der Waals surface area contributed by atoms with Crippen molar-refractivity contribution < 1.29 is 14.3 Å². The highest BCUT2D eigenvalue weighted by atomic mass is 127. The third-order valence-corrected chi connectivity index (χ3v) is 2.04. The maximum Gasteiger partial charge on any atom is 0.514 e. The van der Waals surface area contributed by atoms with E-state index in [0.717, 1.165) is 11.1 Å². The van der Waals surface area contributed by atoms with Crippen LogP contribution >= 0.6 is 22.6 Å². The van der Waals surface area contributed by atoms with Crippen LogP contribution in [0.5, 0.6) is 5.75 Å². The van der Waals surface area contributed by atoms with Crippen molar-refractivity contribution in [1.82, 2.24) is 0 Å². The summed E-state index contributed by atoms with van der Waals surface area (Å²) in [4.78, 5) is 11.2. The van der Waals surface area contributed by atoms with Crippen molar-refractivity contribution >= 4 is 28.7 Å². The average molecular weight is 320 g/mol. The number of carbonyl (C=O) groups is 1. The minimum Gasteiger partial charge on any atom is -0.420 e. The fourth-order valence-electron chi connectivity index (χ4n) is 1.16. The first-order chi connectivity index (χ1) is 6.99. The number of halogens is 1. The van der Waals surface area contributed by atoms with Crippen molar-refractivity contribution in [1.29, 1.82) is 0 Å². The second-order valence-corrected chi connectivity index (χ2v) is 5.04. The quantitative estimate of drug-likeness (QED) is 0.361. The predicted octanol–water partition coefficient (Wildman–Crippen LogP) is 3.60. The van der Waals surface area contributed by atoms with Crippen molar-refractivity contribution in [2.45, 2.75) is 24.9 Å². The van der Waals surface area contributed by atoms with E-state index >= 15 is 0 Å². The zero-order valence-electron chi connectivity index (χ0n) is 8.91. The summed E-state index contributed by atoms with van der Waals surface area (Å²) >= 11 is 1.99. The lowest BCUT2D eigenvalue weighted by atomic mass is 10.1. The Morgan fingerprint density at radius 1 is 1.40 bits per heavy atom. The zero-order valence-corrected chi connectivity index (χ0v) is 11.1. The Kier molecular flexibility index (Phi) is 4.38. The number of alkyl halides is 1. The normalized spacial score (nSPS) is 12.0. The average Bonchev–Trinajstić information content (AvgIpc) is 2.08. The van der Waals surface area contributed by atoms with Gasteiger partial charge in [0, 0.05) is 0 Å². The van der Waals surface area contributed by atoms with E-state index < -0.39 is 6.16 Å². The molecule has 0 spiro atoms. The first kappa shape index (κ1) is 12.3. The number of rotatable bonds is 2. The van der Waals surface area contributed by atoms with Gasteiger partial charge in [-0.1, -0.05) is 17.7 Å². The van der Waals surface area contributed by atoms with Crippen LogP contribution in [0, 0.1) is 13.8 Å². The fraction of sp³-hybridized carbons (Fsp3) is 0.364. The van der Waals surface area contributed by atoms with Gasteiger partial charge in [-0.25, -0.2) is 4.79 Å². The van der Waals surface area contributed by atoms with Crippen molar-refractivity contribution in [3.63, 3.8) is 0 Å². The molecule has 0 fully saturated rings. The van der Waals surface area contributed by atoms with Crippen LogP contribution in [0.1, 0.15) is 18.1 Å². The van der Waals surface area contributed by atoms with Gasteiger partial charge in [0.25, 0.3) is 0 Å². The summed E-state index contributed by atoms with van der Waals surface area (Å²) in [7, 11) is 0. The van der Waals surface area contributed by atoms with Gasteiger partial charge in [-0.15, -0.1) is 0 Å². The van der Waals surface area contributed by atoms with E-state index in [1.807, 2.05) is 48.6 Å². The van der Waals surface area contributed by atoms with Gasteiger partial charge in [-0.05, 0) is 55.0 Å². The Morgan fingerprint density at radius 2 is 2.07 bits per heavy atom. The van der Waals surface area contributed by atoms with E-state index in [4.69, 9.17) is 9.47 Å². The molecule has 4 heteroatoms. The van der Waals surface area contributed by atoms with E-state index in [1.54, 1.807) is 13.0 Å². The van der Waals surface area contributed by atoms with Gasteiger partial charge in [0.15, 0.2) is 4.11 Å². The predicted molar refractivity (Wildman–Crippen MR) is 66.5 cm³/mol. The van der Waals surface area contributed by atoms with Gasteiger partial charge < -0.3 is 9.47 Å². The van der Waals surface area contributed by atoms with Crippen LogP contribution in [0.3, 0.4) is 0 Å². The maximum atomic E-state index is 11.2. The standard InChI is InChI=1S/C11H13IO3/c1-7-4-5-10(8(2)6-7)15-11(13)14-9(3)12/h4-6,9H,1-3H3. The first-order valence-electron chi connectivity index (χ1n) is 4.59. The highest BCUT2D eigenvalue weighted by molar-refractivity contribution is 14.1. The highest BCUT2D eigenvalue weighted by Gasteiger charge is 2.10. The van der Waals surface area contributed by atoms with Crippen molar-refractivity contribution in [2.75, 3.05) is 0 Å². The molecule has 0 bridgehead atoms. The number of aryl methyl sites for hydroxylation is 2. The molecule has 0 heterocycles. The summed E-state index contributed by atoms with van der Waals surface area (Å²) in [5.74, 6) is 0.544. The summed E-state index contributed by atoms with van der Waals surface area (Å²) in [6, 6.07) is 5.61. The van der Waals surface area contributed by atoms with Crippen LogP contribution in [-0.4, -0.2) is 10.3 Å². The number of benzene rings is 1. The summed E-state index contributed by atoms with van der Waals surface area (Å²) in [5.41, 5.74) is 2.06. The Hall–Kier alpha value is -0.780. The topological polar surface area (TPSA) is 35.5 Å². The molecule has 1 atom stereocenters. The van der Waals surface area contributed by atoms with E-state index in [2.05, 4.69) is 0 Å². The molecule has 0 aromatic heterocycles. The SMILES string of the molecule is Cc1ccc(OC(=O)OC(C)I)c(C)c1. The molecule has 82 valence electrons.